The van der Waals surface area contributed by atoms with E-state index in [4.69, 9.17) is 11.6 Å². The van der Waals surface area contributed by atoms with Crippen LogP contribution in [-0.2, 0) is 5.60 Å². The van der Waals surface area contributed by atoms with Crippen LogP contribution in [0, 0.1) is 12.7 Å². The smallest absolute Gasteiger partial charge is 0.147 e. The molecule has 1 aliphatic carbocycles. The third-order valence-corrected chi connectivity index (χ3v) is 3.38. The zero-order chi connectivity index (χ0) is 11.1. The molecule has 2 rings (SSSR count). The van der Waals surface area contributed by atoms with Gasteiger partial charge in [-0.25, -0.2) is 4.39 Å². The van der Waals surface area contributed by atoms with Gasteiger partial charge in [-0.2, -0.15) is 0 Å². The second kappa shape index (κ2) is 3.76. The Bertz CT molecular complexity index is 383. The van der Waals surface area contributed by atoms with Gasteiger partial charge in [-0.15, -0.1) is 0 Å². The highest BCUT2D eigenvalue weighted by atomic mass is 35.5. The summed E-state index contributed by atoms with van der Waals surface area (Å²) in [4.78, 5) is 0. The van der Waals surface area contributed by atoms with Crippen LogP contribution in [0.25, 0.3) is 0 Å². The van der Waals surface area contributed by atoms with E-state index < -0.39 is 11.4 Å². The zero-order valence-electron chi connectivity index (χ0n) is 8.69. The Kier molecular flexibility index (Phi) is 2.73. The molecule has 0 aromatic heterocycles. The van der Waals surface area contributed by atoms with Gasteiger partial charge in [0.25, 0.3) is 0 Å². The van der Waals surface area contributed by atoms with Crippen LogP contribution >= 0.6 is 11.6 Å². The lowest BCUT2D eigenvalue weighted by molar-refractivity contribution is 0.0407. The molecule has 0 radical (unpaired) electrons. The molecule has 0 heterocycles. The Morgan fingerprint density at radius 3 is 2.53 bits per heavy atom. The summed E-state index contributed by atoms with van der Waals surface area (Å²) in [6.45, 7) is 1.85. The Hall–Kier alpha value is -0.600. The van der Waals surface area contributed by atoms with E-state index in [0.717, 1.165) is 18.4 Å². The fourth-order valence-corrected chi connectivity index (χ4v) is 2.57. The Balaban J connectivity index is 2.51. The van der Waals surface area contributed by atoms with Gasteiger partial charge in [-0.05, 0) is 31.4 Å². The van der Waals surface area contributed by atoms with Crippen LogP contribution in [0.2, 0.25) is 5.02 Å². The number of hydrogen-bond acceptors (Lipinski definition) is 1. The molecular formula is C12H14ClFO. The van der Waals surface area contributed by atoms with Gasteiger partial charge < -0.3 is 5.11 Å². The summed E-state index contributed by atoms with van der Waals surface area (Å²) in [5.41, 5.74) is 0.251. The third kappa shape index (κ3) is 1.88. The van der Waals surface area contributed by atoms with E-state index in [9.17, 15) is 9.50 Å². The van der Waals surface area contributed by atoms with Crippen LogP contribution in [0.5, 0.6) is 0 Å². The molecule has 1 N–H and O–H groups in total. The van der Waals surface area contributed by atoms with E-state index >= 15 is 0 Å². The molecule has 0 bridgehead atoms. The first kappa shape index (κ1) is 10.9. The van der Waals surface area contributed by atoms with Crippen molar-refractivity contribution in [2.45, 2.75) is 38.2 Å². The van der Waals surface area contributed by atoms with Crippen LogP contribution in [0.1, 0.15) is 36.8 Å². The van der Waals surface area contributed by atoms with E-state index in [2.05, 4.69) is 0 Å². The number of aliphatic hydroxyl groups is 1. The summed E-state index contributed by atoms with van der Waals surface area (Å²) in [6.07, 6.45) is 3.15. The van der Waals surface area contributed by atoms with Crippen LogP contribution in [0.15, 0.2) is 12.1 Å². The lowest BCUT2D eigenvalue weighted by Crippen LogP contribution is -2.22. The van der Waals surface area contributed by atoms with Gasteiger partial charge in [-0.1, -0.05) is 30.5 Å². The second-order valence-electron chi connectivity index (χ2n) is 4.35. The summed E-state index contributed by atoms with van der Waals surface area (Å²) in [5, 5.41) is 10.4. The molecule has 1 aromatic carbocycles. The summed E-state index contributed by atoms with van der Waals surface area (Å²) in [7, 11) is 0. The molecule has 1 nitrogen and oxygen atoms in total. The molecule has 0 unspecified atom stereocenters. The average Bonchev–Trinajstić information content (AvgIpc) is 2.59. The highest BCUT2D eigenvalue weighted by molar-refractivity contribution is 6.30. The molecule has 1 saturated carbocycles. The average molecular weight is 229 g/mol. The van der Waals surface area contributed by atoms with Crippen molar-refractivity contribution in [1.29, 1.82) is 0 Å². The largest absolute Gasteiger partial charge is 0.385 e. The van der Waals surface area contributed by atoms with E-state index in [1.165, 1.54) is 0 Å². The molecule has 15 heavy (non-hydrogen) atoms. The predicted molar refractivity (Wildman–Crippen MR) is 58.5 cm³/mol. The standard InChI is InChI=1S/C12H14ClFO/c1-8-6-9(11(14)10(13)7-8)12(15)4-2-3-5-12/h6-7,15H,2-5H2,1H3. The van der Waals surface area contributed by atoms with Crippen molar-refractivity contribution >= 4 is 11.6 Å². The van der Waals surface area contributed by atoms with Crippen molar-refractivity contribution in [3.63, 3.8) is 0 Å². The first-order valence-corrected chi connectivity index (χ1v) is 5.59. The molecule has 82 valence electrons. The minimum Gasteiger partial charge on any atom is -0.385 e. The minimum absolute atomic E-state index is 0.102. The molecule has 0 atom stereocenters. The van der Waals surface area contributed by atoms with Crippen molar-refractivity contribution in [3.05, 3.63) is 34.1 Å². The SMILES string of the molecule is Cc1cc(Cl)c(F)c(C2(O)CCCC2)c1. The first-order valence-electron chi connectivity index (χ1n) is 5.21. The minimum atomic E-state index is -1.00. The fraction of sp³-hybridized carbons (Fsp3) is 0.500. The number of rotatable bonds is 1. The fourth-order valence-electron chi connectivity index (χ4n) is 2.29. The van der Waals surface area contributed by atoms with E-state index in [0.29, 0.717) is 18.4 Å². The summed E-state index contributed by atoms with van der Waals surface area (Å²) < 4.78 is 13.8. The molecular weight excluding hydrogens is 215 g/mol. The summed E-state index contributed by atoms with van der Waals surface area (Å²) >= 11 is 5.77. The van der Waals surface area contributed by atoms with Crippen molar-refractivity contribution in [3.8, 4) is 0 Å². The van der Waals surface area contributed by atoms with Gasteiger partial charge in [0, 0.05) is 5.56 Å². The van der Waals surface area contributed by atoms with Gasteiger partial charge in [0.1, 0.15) is 5.82 Å². The van der Waals surface area contributed by atoms with Crippen LogP contribution in [-0.4, -0.2) is 5.11 Å². The molecule has 0 spiro atoms. The quantitative estimate of drug-likeness (QED) is 0.780. The van der Waals surface area contributed by atoms with Crippen LogP contribution < -0.4 is 0 Å². The monoisotopic (exact) mass is 228 g/mol. The van der Waals surface area contributed by atoms with E-state index in [1.807, 2.05) is 6.92 Å². The maximum Gasteiger partial charge on any atom is 0.147 e. The molecule has 0 aliphatic heterocycles. The van der Waals surface area contributed by atoms with Gasteiger partial charge in [-0.3, -0.25) is 0 Å². The Morgan fingerprint density at radius 2 is 1.93 bits per heavy atom. The molecule has 3 heteroatoms. The van der Waals surface area contributed by atoms with Gasteiger partial charge >= 0.3 is 0 Å². The van der Waals surface area contributed by atoms with Gasteiger partial charge in [0.15, 0.2) is 0 Å². The molecule has 1 fully saturated rings. The summed E-state index contributed by atoms with van der Waals surface area (Å²) in [6, 6.07) is 3.28. The number of halogens is 2. The van der Waals surface area contributed by atoms with Gasteiger partial charge in [0.05, 0.1) is 10.6 Å². The Morgan fingerprint density at radius 1 is 1.33 bits per heavy atom. The van der Waals surface area contributed by atoms with E-state index in [-0.39, 0.29) is 5.02 Å². The molecule has 0 saturated heterocycles. The molecule has 0 amide bonds. The Labute approximate surface area is 93.9 Å². The maximum absolute atomic E-state index is 13.8. The normalized spacial score (nSPS) is 19.5. The van der Waals surface area contributed by atoms with Crippen molar-refractivity contribution < 1.29 is 9.50 Å². The van der Waals surface area contributed by atoms with Crippen molar-refractivity contribution in [2.75, 3.05) is 0 Å². The topological polar surface area (TPSA) is 20.2 Å². The van der Waals surface area contributed by atoms with Crippen molar-refractivity contribution in [1.82, 2.24) is 0 Å². The third-order valence-electron chi connectivity index (χ3n) is 3.10. The second-order valence-corrected chi connectivity index (χ2v) is 4.75. The zero-order valence-corrected chi connectivity index (χ0v) is 9.44. The maximum atomic E-state index is 13.8. The highest BCUT2D eigenvalue weighted by Gasteiger charge is 2.36. The lowest BCUT2D eigenvalue weighted by Gasteiger charge is -2.24. The van der Waals surface area contributed by atoms with Crippen molar-refractivity contribution in [2.24, 2.45) is 0 Å². The van der Waals surface area contributed by atoms with Crippen LogP contribution in [0.3, 0.4) is 0 Å². The van der Waals surface area contributed by atoms with E-state index in [1.54, 1.807) is 12.1 Å². The van der Waals surface area contributed by atoms with Gasteiger partial charge in [0.2, 0.25) is 0 Å². The highest BCUT2D eigenvalue weighted by Crippen LogP contribution is 2.41. The first-order chi connectivity index (χ1) is 7.03. The summed E-state index contributed by atoms with van der Waals surface area (Å²) in [5.74, 6) is -0.466. The number of hydrogen-bond donors (Lipinski definition) is 1. The predicted octanol–water partition coefficient (Wildman–Crippen LogP) is 3.55. The van der Waals surface area contributed by atoms with Crippen LogP contribution in [0.4, 0.5) is 4.39 Å². The number of aryl methyl sites for hydroxylation is 1. The number of benzene rings is 1. The lowest BCUT2D eigenvalue weighted by atomic mass is 9.90. The molecule has 1 aliphatic rings. The molecule has 1 aromatic rings.